The van der Waals surface area contributed by atoms with Crippen LogP contribution in [-0.2, 0) is 10.0 Å². The average Bonchev–Trinajstić information content (AvgIpc) is 2.73. The predicted molar refractivity (Wildman–Crippen MR) is 119 cm³/mol. The molecule has 0 radical (unpaired) electrons. The van der Waals surface area contributed by atoms with Crippen LogP contribution in [0.4, 0.5) is 23.0 Å². The standard InChI is InChI=1S/C20H16ClN7O2S/c1-12(26-19-14(10-22)18(23)24-11-25-19)20-27-16-9-5-8-15(21)17(16)31(29,30)28(20)13-6-3-2-4-7-13/h2-9,11-12H,1H3,(H3,23,24,25,26)/t12-/m0/s1. The monoisotopic (exact) mass is 453 g/mol. The van der Waals surface area contributed by atoms with E-state index in [0.717, 1.165) is 4.31 Å². The van der Waals surface area contributed by atoms with Gasteiger partial charge in [-0.3, -0.25) is 0 Å². The van der Waals surface area contributed by atoms with Crippen molar-refractivity contribution < 1.29 is 8.42 Å². The quantitative estimate of drug-likeness (QED) is 0.617. The highest BCUT2D eigenvalue weighted by Crippen LogP contribution is 2.40. The van der Waals surface area contributed by atoms with Gasteiger partial charge in [-0.2, -0.15) is 5.26 Å². The van der Waals surface area contributed by atoms with Crippen molar-refractivity contribution in [2.75, 3.05) is 15.4 Å². The molecule has 1 aliphatic rings. The summed E-state index contributed by atoms with van der Waals surface area (Å²) < 4.78 is 28.3. The lowest BCUT2D eigenvalue weighted by Crippen LogP contribution is -2.47. The van der Waals surface area contributed by atoms with E-state index in [4.69, 9.17) is 17.3 Å². The number of aromatic nitrogens is 2. The largest absolute Gasteiger partial charge is 0.382 e. The molecule has 0 fully saturated rings. The minimum absolute atomic E-state index is 0.0162. The highest BCUT2D eigenvalue weighted by atomic mass is 35.5. The number of para-hydroxylation sites is 1. The van der Waals surface area contributed by atoms with Crippen molar-refractivity contribution in [3.63, 3.8) is 0 Å². The number of nitrogens with two attached hydrogens (primary N) is 1. The van der Waals surface area contributed by atoms with Gasteiger partial charge in [0.1, 0.15) is 40.3 Å². The average molecular weight is 454 g/mol. The molecule has 1 aromatic heterocycles. The van der Waals surface area contributed by atoms with Crippen molar-refractivity contribution in [3.05, 3.63) is 65.4 Å². The fraction of sp³-hybridized carbons (Fsp3) is 0.100. The van der Waals surface area contributed by atoms with Gasteiger partial charge < -0.3 is 11.1 Å². The van der Waals surface area contributed by atoms with Crippen LogP contribution in [0.3, 0.4) is 0 Å². The maximum Gasteiger partial charge on any atom is 0.273 e. The van der Waals surface area contributed by atoms with E-state index >= 15 is 0 Å². The number of nitrogens with one attached hydrogen (secondary N) is 1. The molecule has 2 aromatic carbocycles. The molecule has 11 heteroatoms. The highest BCUT2D eigenvalue weighted by Gasteiger charge is 2.39. The van der Waals surface area contributed by atoms with E-state index in [1.54, 1.807) is 49.4 Å². The second-order valence-corrected chi connectivity index (χ2v) is 8.75. The zero-order chi connectivity index (χ0) is 22.2. The minimum atomic E-state index is -4.07. The summed E-state index contributed by atoms with van der Waals surface area (Å²) in [6.45, 7) is 1.71. The maximum absolute atomic E-state index is 13.6. The molecule has 0 saturated carbocycles. The third-order valence-corrected chi connectivity index (χ3v) is 6.86. The van der Waals surface area contributed by atoms with Crippen LogP contribution >= 0.6 is 11.6 Å². The number of rotatable bonds is 4. The molecule has 2 heterocycles. The van der Waals surface area contributed by atoms with Crippen molar-refractivity contribution in [1.82, 2.24) is 9.97 Å². The van der Waals surface area contributed by atoms with Crippen LogP contribution in [0.1, 0.15) is 12.5 Å². The molecular weight excluding hydrogens is 438 g/mol. The lowest BCUT2D eigenvalue weighted by molar-refractivity contribution is 0.596. The lowest BCUT2D eigenvalue weighted by Gasteiger charge is -2.33. The Bertz CT molecular complexity index is 1340. The summed E-state index contributed by atoms with van der Waals surface area (Å²) in [5.74, 6) is 0.372. The molecule has 1 atom stereocenters. The molecule has 0 amide bonds. The van der Waals surface area contributed by atoms with Gasteiger partial charge in [-0.15, -0.1) is 0 Å². The van der Waals surface area contributed by atoms with Gasteiger partial charge in [0.15, 0.2) is 0 Å². The number of halogens is 1. The van der Waals surface area contributed by atoms with Crippen molar-refractivity contribution in [2.45, 2.75) is 17.9 Å². The topological polar surface area (TPSA) is 137 Å². The molecule has 3 aromatic rings. The van der Waals surface area contributed by atoms with E-state index in [1.165, 1.54) is 12.4 Å². The number of aliphatic imine (C=N–C) groups is 1. The fourth-order valence-corrected chi connectivity index (χ4v) is 5.40. The second kappa shape index (κ2) is 7.86. The molecule has 156 valence electrons. The molecule has 1 aliphatic heterocycles. The number of nitriles is 1. The van der Waals surface area contributed by atoms with Gasteiger partial charge in [0.25, 0.3) is 10.0 Å². The number of nitrogen functional groups attached to an aromatic ring is 1. The molecule has 0 aliphatic carbocycles. The van der Waals surface area contributed by atoms with E-state index < -0.39 is 16.1 Å². The van der Waals surface area contributed by atoms with Gasteiger partial charge >= 0.3 is 0 Å². The zero-order valence-electron chi connectivity index (χ0n) is 16.2. The summed E-state index contributed by atoms with van der Waals surface area (Å²) in [5.41, 5.74) is 6.44. The van der Waals surface area contributed by atoms with Gasteiger partial charge in [0, 0.05) is 0 Å². The first-order valence-corrected chi connectivity index (χ1v) is 10.9. The maximum atomic E-state index is 13.6. The Morgan fingerprint density at radius 2 is 1.90 bits per heavy atom. The third kappa shape index (κ3) is 3.54. The summed E-state index contributed by atoms with van der Waals surface area (Å²) >= 11 is 6.24. The SMILES string of the molecule is C[C@H](Nc1ncnc(N)c1C#N)C1=Nc2cccc(Cl)c2S(=O)(=O)N1c1ccccc1. The Labute approximate surface area is 183 Å². The second-order valence-electron chi connectivity index (χ2n) is 6.62. The number of sulfonamides is 1. The first-order chi connectivity index (χ1) is 14.8. The number of amidine groups is 1. The summed E-state index contributed by atoms with van der Waals surface area (Å²) in [6.07, 6.45) is 1.22. The zero-order valence-corrected chi connectivity index (χ0v) is 17.8. The highest BCUT2D eigenvalue weighted by molar-refractivity contribution is 7.94. The molecule has 0 bridgehead atoms. The van der Waals surface area contributed by atoms with Crippen LogP contribution < -0.4 is 15.4 Å². The summed E-state index contributed by atoms with van der Waals surface area (Å²) in [5, 5.41) is 12.5. The first kappa shape index (κ1) is 20.6. The lowest BCUT2D eigenvalue weighted by atomic mass is 10.2. The van der Waals surface area contributed by atoms with Gasteiger partial charge in [0.2, 0.25) is 0 Å². The molecule has 0 saturated heterocycles. The summed E-state index contributed by atoms with van der Waals surface area (Å²) in [7, 11) is -4.07. The van der Waals surface area contributed by atoms with Crippen LogP contribution in [0.5, 0.6) is 0 Å². The van der Waals surface area contributed by atoms with Gasteiger partial charge in [0.05, 0.1) is 22.4 Å². The Kier molecular flexibility index (Phi) is 5.22. The molecule has 31 heavy (non-hydrogen) atoms. The molecule has 0 unspecified atom stereocenters. The van der Waals surface area contributed by atoms with Crippen LogP contribution in [0.25, 0.3) is 0 Å². The molecule has 0 spiro atoms. The fourth-order valence-electron chi connectivity index (χ4n) is 3.22. The number of fused-ring (bicyclic) bond motifs is 1. The van der Waals surface area contributed by atoms with E-state index in [2.05, 4.69) is 20.3 Å². The summed E-state index contributed by atoms with van der Waals surface area (Å²) in [4.78, 5) is 12.4. The molecule has 4 rings (SSSR count). The van der Waals surface area contributed by atoms with E-state index in [-0.39, 0.29) is 38.6 Å². The Balaban J connectivity index is 1.88. The molecule has 3 N–H and O–H groups in total. The Morgan fingerprint density at radius 3 is 2.61 bits per heavy atom. The normalized spacial score (nSPS) is 15.4. The van der Waals surface area contributed by atoms with Crippen molar-refractivity contribution >= 4 is 50.5 Å². The predicted octanol–water partition coefficient (Wildman–Crippen LogP) is 3.32. The van der Waals surface area contributed by atoms with Crippen molar-refractivity contribution in [1.29, 1.82) is 5.26 Å². The smallest absolute Gasteiger partial charge is 0.273 e. The van der Waals surface area contributed by atoms with E-state index in [0.29, 0.717) is 5.69 Å². The number of anilines is 3. The van der Waals surface area contributed by atoms with E-state index in [9.17, 15) is 13.7 Å². The third-order valence-electron chi connectivity index (χ3n) is 4.61. The van der Waals surface area contributed by atoms with Crippen molar-refractivity contribution in [3.8, 4) is 6.07 Å². The van der Waals surface area contributed by atoms with Crippen LogP contribution in [0, 0.1) is 11.3 Å². The molecular formula is C20H16ClN7O2S. The minimum Gasteiger partial charge on any atom is -0.382 e. The summed E-state index contributed by atoms with van der Waals surface area (Å²) in [6, 6.07) is 14.5. The Hall–Kier alpha value is -3.68. The first-order valence-electron chi connectivity index (χ1n) is 9.09. The van der Waals surface area contributed by atoms with Crippen LogP contribution in [0.2, 0.25) is 5.02 Å². The number of hydrogen-bond acceptors (Lipinski definition) is 8. The number of nitrogens with zero attached hydrogens (tertiary/aromatic N) is 5. The van der Waals surface area contributed by atoms with Crippen molar-refractivity contribution in [2.24, 2.45) is 4.99 Å². The van der Waals surface area contributed by atoms with Crippen LogP contribution in [-0.4, -0.2) is 30.3 Å². The molecule has 9 nitrogen and oxygen atoms in total. The van der Waals surface area contributed by atoms with Gasteiger partial charge in [-0.05, 0) is 31.2 Å². The van der Waals surface area contributed by atoms with Gasteiger partial charge in [-0.25, -0.2) is 27.7 Å². The van der Waals surface area contributed by atoms with Gasteiger partial charge in [-0.1, -0.05) is 35.9 Å². The Morgan fingerprint density at radius 1 is 1.16 bits per heavy atom. The number of hydrogen-bond donors (Lipinski definition) is 2. The van der Waals surface area contributed by atoms with E-state index in [1.807, 2.05) is 6.07 Å². The number of benzene rings is 2. The van der Waals surface area contributed by atoms with Crippen LogP contribution in [0.15, 0.2) is 64.7 Å².